The van der Waals surface area contributed by atoms with Crippen LogP contribution in [0.3, 0.4) is 0 Å². The van der Waals surface area contributed by atoms with Gasteiger partial charge >= 0.3 is 51.4 Å². The van der Waals surface area contributed by atoms with Crippen LogP contribution in [0, 0.1) is 13.0 Å². The maximum Gasteiger partial charge on any atom is 1.00 e. The third-order valence-corrected chi connectivity index (χ3v) is 1.63. The summed E-state index contributed by atoms with van der Waals surface area (Å²) in [5.74, 6) is -3.36. The van der Waals surface area contributed by atoms with Crippen molar-refractivity contribution in [2.24, 2.45) is 5.92 Å². The molecule has 11 heavy (non-hydrogen) atoms. The Hall–Kier alpha value is 1.46. The van der Waals surface area contributed by atoms with Crippen molar-refractivity contribution in [2.45, 2.75) is 26.2 Å². The summed E-state index contributed by atoms with van der Waals surface area (Å²) in [6.45, 7) is 2.64. The summed E-state index contributed by atoms with van der Waals surface area (Å²) in [5, 5.41) is 0. The predicted octanol–water partition coefficient (Wildman–Crippen LogP) is -0.520. The Morgan fingerprint density at radius 3 is 2.27 bits per heavy atom. The molecule has 0 amide bonds. The summed E-state index contributed by atoms with van der Waals surface area (Å²) in [6, 6.07) is 0. The van der Waals surface area contributed by atoms with Crippen LogP contribution in [0.1, 0.15) is 20.3 Å². The van der Waals surface area contributed by atoms with Gasteiger partial charge < -0.3 is 4.74 Å². The second-order valence-corrected chi connectivity index (χ2v) is 2.42. The van der Waals surface area contributed by atoms with Crippen LogP contribution in [-0.2, 0) is 4.74 Å². The molecule has 0 aliphatic heterocycles. The van der Waals surface area contributed by atoms with E-state index in [1.165, 1.54) is 6.92 Å². The molecule has 4 heteroatoms. The number of hydrogen-bond acceptors (Lipinski definition) is 1. The van der Waals surface area contributed by atoms with Gasteiger partial charge in [0, 0.05) is 5.92 Å². The van der Waals surface area contributed by atoms with Crippen molar-refractivity contribution in [1.29, 1.82) is 0 Å². The molecule has 0 radical (unpaired) electrons. The van der Waals surface area contributed by atoms with Crippen LogP contribution in [0.25, 0.3) is 0 Å². The molecule has 0 bridgehead atoms. The van der Waals surface area contributed by atoms with Crippen LogP contribution in [0.2, 0.25) is 0 Å². The fourth-order valence-electron chi connectivity index (χ4n) is 0.577. The minimum absolute atomic E-state index is 0. The molecule has 1 atom stereocenters. The summed E-state index contributed by atoms with van der Waals surface area (Å²) >= 11 is 0. The average molecular weight is 190 g/mol. The maximum atomic E-state index is 12.7. The largest absolute Gasteiger partial charge is 1.00 e. The Kier molecular flexibility index (Phi) is 9.40. The molecule has 0 fully saturated rings. The zero-order chi connectivity index (χ0) is 8.20. The van der Waals surface area contributed by atoms with E-state index in [1.54, 1.807) is 6.92 Å². The first-order valence-corrected chi connectivity index (χ1v) is 3.29. The van der Waals surface area contributed by atoms with E-state index in [9.17, 15) is 8.78 Å². The summed E-state index contributed by atoms with van der Waals surface area (Å²) < 4.78 is 29.4. The van der Waals surface area contributed by atoms with Gasteiger partial charge in [0.05, 0.1) is 6.61 Å². The van der Waals surface area contributed by atoms with Gasteiger partial charge in [-0.3, -0.25) is 0 Å². The molecule has 0 aliphatic rings. The molecule has 0 aromatic rings. The van der Waals surface area contributed by atoms with Gasteiger partial charge in [-0.2, -0.15) is 0 Å². The van der Waals surface area contributed by atoms with Crippen molar-refractivity contribution < 1.29 is 64.9 Å². The molecule has 0 unspecified atom stereocenters. The van der Waals surface area contributed by atoms with Gasteiger partial charge in [-0.15, -0.1) is 0 Å². The molecule has 1 nitrogen and oxygen atoms in total. The van der Waals surface area contributed by atoms with Gasteiger partial charge in [-0.1, -0.05) is 13.8 Å². The first-order chi connectivity index (χ1) is 4.54. The summed E-state index contributed by atoms with van der Waals surface area (Å²) in [7, 11) is 2.91. The van der Waals surface area contributed by atoms with Gasteiger partial charge in [0.1, 0.15) is 0 Å². The Morgan fingerprint density at radius 1 is 1.55 bits per heavy atom. The smallest absolute Gasteiger partial charge is 0.551 e. The third-order valence-electron chi connectivity index (χ3n) is 1.63. The fraction of sp³-hybridized carbons (Fsp3) is 0.857. The SMILES string of the molecule is [CH2-]OCC(F)(F)[C@H](C)CC.[K+]. The first kappa shape index (κ1) is 15.0. The molecular formula is C7H13F2KO. The molecule has 62 valence electrons. The van der Waals surface area contributed by atoms with Crippen LogP contribution < -0.4 is 51.4 Å². The molecule has 0 N–H and O–H groups in total. The molecule has 0 aliphatic carbocycles. The van der Waals surface area contributed by atoms with Gasteiger partial charge in [0.2, 0.25) is 0 Å². The molecule has 0 aromatic heterocycles. The van der Waals surface area contributed by atoms with Crippen molar-refractivity contribution in [3.8, 4) is 0 Å². The zero-order valence-electron chi connectivity index (χ0n) is 7.36. The van der Waals surface area contributed by atoms with Crippen molar-refractivity contribution >= 4 is 0 Å². The molecule has 0 saturated carbocycles. The molecule has 0 saturated heterocycles. The standard InChI is InChI=1S/C7H13F2O.K/c1-4-6(2)7(8,9)5-10-3;/h6H,3-5H2,1-2H3;/q-1;+1/t6-;/m1./s1. The van der Waals surface area contributed by atoms with E-state index in [1.807, 2.05) is 0 Å². The van der Waals surface area contributed by atoms with Gasteiger partial charge in [-0.25, -0.2) is 15.9 Å². The molecular weight excluding hydrogens is 177 g/mol. The van der Waals surface area contributed by atoms with E-state index < -0.39 is 18.4 Å². The topological polar surface area (TPSA) is 9.23 Å². The second-order valence-electron chi connectivity index (χ2n) is 2.42. The molecule has 0 aromatic carbocycles. The fourth-order valence-corrected chi connectivity index (χ4v) is 0.577. The van der Waals surface area contributed by atoms with Crippen LogP contribution in [0.5, 0.6) is 0 Å². The average Bonchev–Trinajstić information content (AvgIpc) is 1.86. The number of rotatable bonds is 4. The Labute approximate surface area is 109 Å². The third kappa shape index (κ3) is 5.66. The van der Waals surface area contributed by atoms with E-state index in [0.717, 1.165) is 0 Å². The van der Waals surface area contributed by atoms with E-state index >= 15 is 0 Å². The van der Waals surface area contributed by atoms with Crippen LogP contribution in [0.15, 0.2) is 0 Å². The first-order valence-electron chi connectivity index (χ1n) is 3.29. The van der Waals surface area contributed by atoms with Crippen LogP contribution >= 0.6 is 0 Å². The summed E-state index contributed by atoms with van der Waals surface area (Å²) in [6.07, 6.45) is 0.455. The quantitative estimate of drug-likeness (QED) is 0.428. The molecule has 0 spiro atoms. The monoisotopic (exact) mass is 190 g/mol. The molecule has 0 rings (SSSR count). The van der Waals surface area contributed by atoms with E-state index in [-0.39, 0.29) is 51.4 Å². The number of halogens is 2. The van der Waals surface area contributed by atoms with Crippen molar-refractivity contribution in [2.75, 3.05) is 6.61 Å². The zero-order valence-corrected chi connectivity index (χ0v) is 10.5. The normalized spacial score (nSPS) is 13.9. The van der Waals surface area contributed by atoms with E-state index in [4.69, 9.17) is 0 Å². The predicted molar refractivity (Wildman–Crippen MR) is 35.7 cm³/mol. The minimum atomic E-state index is -2.73. The summed E-state index contributed by atoms with van der Waals surface area (Å²) in [4.78, 5) is 0. The number of ether oxygens (including phenoxy) is 1. The van der Waals surface area contributed by atoms with Gasteiger partial charge in [0.25, 0.3) is 5.92 Å². The maximum absolute atomic E-state index is 12.7. The second kappa shape index (κ2) is 6.92. The minimum Gasteiger partial charge on any atom is -0.551 e. The Bertz CT molecular complexity index is 98.4. The van der Waals surface area contributed by atoms with Crippen LogP contribution in [-0.4, -0.2) is 12.5 Å². The Balaban J connectivity index is 0. The molecule has 0 heterocycles. The van der Waals surface area contributed by atoms with Gasteiger partial charge in [0.15, 0.2) is 0 Å². The van der Waals surface area contributed by atoms with Crippen molar-refractivity contribution in [3.63, 3.8) is 0 Å². The Morgan fingerprint density at radius 2 is 2.00 bits per heavy atom. The van der Waals surface area contributed by atoms with Crippen molar-refractivity contribution in [1.82, 2.24) is 0 Å². The van der Waals surface area contributed by atoms with Crippen LogP contribution in [0.4, 0.5) is 8.78 Å². The number of alkyl halides is 2. The van der Waals surface area contributed by atoms with E-state index in [2.05, 4.69) is 11.8 Å². The summed E-state index contributed by atoms with van der Waals surface area (Å²) in [5.41, 5.74) is 0. The van der Waals surface area contributed by atoms with Crippen molar-refractivity contribution in [3.05, 3.63) is 7.11 Å². The number of hydrogen-bond donors (Lipinski definition) is 0. The van der Waals surface area contributed by atoms with E-state index in [0.29, 0.717) is 6.42 Å². The van der Waals surface area contributed by atoms with Gasteiger partial charge in [-0.05, 0) is 6.42 Å².